The Hall–Kier alpha value is -0.390. The molecule has 1 rings (SSSR count). The number of amides is 1. The number of thiophene rings is 1. The van der Waals surface area contributed by atoms with Gasteiger partial charge in [-0.15, -0.1) is 11.3 Å². The van der Waals surface area contributed by atoms with E-state index in [1.165, 1.54) is 4.88 Å². The Bertz CT molecular complexity index is 398. The second-order valence-electron chi connectivity index (χ2n) is 5.32. The zero-order chi connectivity index (χ0) is 13.8. The van der Waals surface area contributed by atoms with E-state index < -0.39 is 0 Å². The summed E-state index contributed by atoms with van der Waals surface area (Å²) in [5.41, 5.74) is -0.315. The van der Waals surface area contributed by atoms with Gasteiger partial charge >= 0.3 is 0 Å². The minimum atomic E-state index is -0.315. The number of nitrogens with one attached hydrogen (secondary N) is 2. The lowest BCUT2D eigenvalue weighted by atomic mass is 9.96. The Morgan fingerprint density at radius 1 is 1.39 bits per heavy atom. The normalized spacial score (nSPS) is 13.4. The van der Waals surface area contributed by atoms with Gasteiger partial charge in [0, 0.05) is 29.4 Å². The summed E-state index contributed by atoms with van der Waals surface area (Å²) in [4.78, 5) is 12.9. The molecule has 0 aliphatic rings. The Kier molecular flexibility index (Phi) is 5.82. The Balaban J connectivity index is 2.24. The standard InChI is InChI=1S/C13H21BrN2OS/c1-9(10-5-6-11(14)18-10)15-7-8-16-12(17)13(2,3)4/h5-6,9,15H,7-8H2,1-4H3,(H,16,17)/t9-/m0/s1. The van der Waals surface area contributed by atoms with E-state index in [-0.39, 0.29) is 11.3 Å². The number of halogens is 1. The van der Waals surface area contributed by atoms with Crippen LogP contribution in [-0.2, 0) is 4.79 Å². The summed E-state index contributed by atoms with van der Waals surface area (Å²) < 4.78 is 1.15. The van der Waals surface area contributed by atoms with Crippen LogP contribution in [0.1, 0.15) is 38.6 Å². The number of rotatable bonds is 5. The smallest absolute Gasteiger partial charge is 0.225 e. The molecule has 0 aromatic carbocycles. The molecule has 5 heteroatoms. The maximum Gasteiger partial charge on any atom is 0.225 e. The molecule has 1 aromatic rings. The van der Waals surface area contributed by atoms with Crippen molar-refractivity contribution in [3.8, 4) is 0 Å². The molecule has 0 aliphatic heterocycles. The van der Waals surface area contributed by atoms with Gasteiger partial charge < -0.3 is 10.6 Å². The zero-order valence-corrected chi connectivity index (χ0v) is 13.7. The van der Waals surface area contributed by atoms with E-state index in [9.17, 15) is 4.79 Å². The number of carbonyl (C=O) groups excluding carboxylic acids is 1. The number of hydrogen-bond acceptors (Lipinski definition) is 3. The lowest BCUT2D eigenvalue weighted by Crippen LogP contribution is -2.39. The van der Waals surface area contributed by atoms with Gasteiger partial charge in [0.2, 0.25) is 5.91 Å². The number of hydrogen-bond donors (Lipinski definition) is 2. The van der Waals surface area contributed by atoms with Gasteiger partial charge in [-0.2, -0.15) is 0 Å². The van der Waals surface area contributed by atoms with Crippen molar-refractivity contribution in [1.82, 2.24) is 10.6 Å². The summed E-state index contributed by atoms with van der Waals surface area (Å²) >= 11 is 5.19. The van der Waals surface area contributed by atoms with Crippen molar-refractivity contribution in [2.75, 3.05) is 13.1 Å². The van der Waals surface area contributed by atoms with Gasteiger partial charge in [0.05, 0.1) is 3.79 Å². The predicted molar refractivity (Wildman–Crippen MR) is 80.9 cm³/mol. The van der Waals surface area contributed by atoms with E-state index in [0.29, 0.717) is 12.6 Å². The molecule has 1 aromatic heterocycles. The third-order valence-corrected chi connectivity index (χ3v) is 4.37. The lowest BCUT2D eigenvalue weighted by Gasteiger charge is -2.18. The SMILES string of the molecule is C[C@H](NCCNC(=O)C(C)(C)C)c1ccc(Br)s1. The van der Waals surface area contributed by atoms with Crippen LogP contribution in [0.15, 0.2) is 15.9 Å². The fourth-order valence-electron chi connectivity index (χ4n) is 1.39. The van der Waals surface area contributed by atoms with Crippen LogP contribution in [0.2, 0.25) is 0 Å². The topological polar surface area (TPSA) is 41.1 Å². The van der Waals surface area contributed by atoms with Crippen LogP contribution in [0.3, 0.4) is 0 Å². The lowest BCUT2D eigenvalue weighted by molar-refractivity contribution is -0.128. The zero-order valence-electron chi connectivity index (χ0n) is 11.3. The quantitative estimate of drug-likeness (QED) is 0.812. The molecule has 0 aliphatic carbocycles. The van der Waals surface area contributed by atoms with Gasteiger partial charge in [-0.25, -0.2) is 0 Å². The van der Waals surface area contributed by atoms with E-state index in [1.807, 2.05) is 20.8 Å². The van der Waals surface area contributed by atoms with Crippen molar-refractivity contribution in [3.05, 3.63) is 20.8 Å². The molecular weight excluding hydrogens is 312 g/mol. The van der Waals surface area contributed by atoms with Crippen molar-refractivity contribution >= 4 is 33.2 Å². The third-order valence-electron chi connectivity index (χ3n) is 2.56. The van der Waals surface area contributed by atoms with Crippen molar-refractivity contribution in [2.45, 2.75) is 33.7 Å². The molecule has 1 heterocycles. The van der Waals surface area contributed by atoms with Crippen LogP contribution in [0.5, 0.6) is 0 Å². The van der Waals surface area contributed by atoms with E-state index in [4.69, 9.17) is 0 Å². The summed E-state index contributed by atoms with van der Waals surface area (Å²) in [6.07, 6.45) is 0. The van der Waals surface area contributed by atoms with Gasteiger partial charge in [0.1, 0.15) is 0 Å². The van der Waals surface area contributed by atoms with E-state index in [2.05, 4.69) is 45.6 Å². The Labute approximate surface area is 121 Å². The summed E-state index contributed by atoms with van der Waals surface area (Å²) in [6, 6.07) is 4.48. The van der Waals surface area contributed by atoms with E-state index in [0.717, 1.165) is 10.3 Å². The first kappa shape index (κ1) is 15.7. The molecule has 1 amide bonds. The Morgan fingerprint density at radius 3 is 2.56 bits per heavy atom. The second-order valence-corrected chi connectivity index (χ2v) is 7.82. The van der Waals surface area contributed by atoms with Crippen LogP contribution in [-0.4, -0.2) is 19.0 Å². The molecule has 2 N–H and O–H groups in total. The van der Waals surface area contributed by atoms with Gasteiger partial charge in [-0.05, 0) is 35.0 Å². The molecule has 0 saturated heterocycles. The van der Waals surface area contributed by atoms with Crippen LogP contribution >= 0.6 is 27.3 Å². The maximum absolute atomic E-state index is 11.6. The fourth-order valence-corrected chi connectivity index (χ4v) is 2.84. The van der Waals surface area contributed by atoms with Crippen LogP contribution in [0.4, 0.5) is 0 Å². The van der Waals surface area contributed by atoms with Crippen molar-refractivity contribution in [2.24, 2.45) is 5.41 Å². The average molecular weight is 333 g/mol. The minimum Gasteiger partial charge on any atom is -0.354 e. The molecule has 0 unspecified atom stereocenters. The van der Waals surface area contributed by atoms with Crippen molar-refractivity contribution in [1.29, 1.82) is 0 Å². The van der Waals surface area contributed by atoms with Gasteiger partial charge in [-0.3, -0.25) is 4.79 Å². The van der Waals surface area contributed by atoms with Crippen molar-refractivity contribution in [3.63, 3.8) is 0 Å². The first-order valence-corrected chi connectivity index (χ1v) is 7.68. The highest BCUT2D eigenvalue weighted by Crippen LogP contribution is 2.26. The molecule has 0 fully saturated rings. The molecule has 0 bridgehead atoms. The third kappa shape index (κ3) is 5.08. The highest BCUT2D eigenvalue weighted by molar-refractivity contribution is 9.11. The van der Waals surface area contributed by atoms with Crippen LogP contribution < -0.4 is 10.6 Å². The largest absolute Gasteiger partial charge is 0.354 e. The molecule has 18 heavy (non-hydrogen) atoms. The highest BCUT2D eigenvalue weighted by Gasteiger charge is 2.20. The summed E-state index contributed by atoms with van der Waals surface area (Å²) in [5.74, 6) is 0.0934. The van der Waals surface area contributed by atoms with Crippen molar-refractivity contribution < 1.29 is 4.79 Å². The molecular formula is C13H21BrN2OS. The van der Waals surface area contributed by atoms with Gasteiger partial charge in [0.15, 0.2) is 0 Å². The highest BCUT2D eigenvalue weighted by atomic mass is 79.9. The van der Waals surface area contributed by atoms with E-state index in [1.54, 1.807) is 11.3 Å². The monoisotopic (exact) mass is 332 g/mol. The summed E-state index contributed by atoms with van der Waals surface area (Å²) in [6.45, 7) is 9.32. The minimum absolute atomic E-state index is 0.0934. The number of carbonyl (C=O) groups is 1. The second kappa shape index (κ2) is 6.68. The molecule has 1 atom stereocenters. The first-order valence-electron chi connectivity index (χ1n) is 6.07. The molecule has 0 saturated carbocycles. The van der Waals surface area contributed by atoms with Gasteiger partial charge in [-0.1, -0.05) is 20.8 Å². The van der Waals surface area contributed by atoms with Crippen LogP contribution in [0, 0.1) is 5.41 Å². The van der Waals surface area contributed by atoms with E-state index >= 15 is 0 Å². The average Bonchev–Trinajstić information content (AvgIpc) is 2.69. The van der Waals surface area contributed by atoms with Crippen LogP contribution in [0.25, 0.3) is 0 Å². The Morgan fingerprint density at radius 2 is 2.06 bits per heavy atom. The molecule has 102 valence electrons. The maximum atomic E-state index is 11.6. The van der Waals surface area contributed by atoms with Gasteiger partial charge in [0.25, 0.3) is 0 Å². The molecule has 0 radical (unpaired) electrons. The predicted octanol–water partition coefficient (Wildman–Crippen LogP) is 3.32. The fraction of sp³-hybridized carbons (Fsp3) is 0.615. The summed E-state index contributed by atoms with van der Waals surface area (Å²) in [5, 5.41) is 6.32. The summed E-state index contributed by atoms with van der Waals surface area (Å²) in [7, 11) is 0. The first-order chi connectivity index (χ1) is 8.30. The molecule has 0 spiro atoms. The molecule has 3 nitrogen and oxygen atoms in total.